The highest BCUT2D eigenvalue weighted by molar-refractivity contribution is 7.91. The first-order valence-corrected chi connectivity index (χ1v) is 5.91. The van der Waals surface area contributed by atoms with Gasteiger partial charge in [0, 0.05) is 11.8 Å². The van der Waals surface area contributed by atoms with Crippen LogP contribution in [0.1, 0.15) is 19.3 Å². The molecule has 2 atom stereocenters. The van der Waals surface area contributed by atoms with Crippen molar-refractivity contribution < 1.29 is 13.5 Å². The van der Waals surface area contributed by atoms with E-state index in [1.807, 2.05) is 0 Å². The van der Waals surface area contributed by atoms with Crippen molar-refractivity contribution >= 4 is 9.84 Å². The Morgan fingerprint density at radius 3 is 2.50 bits per heavy atom. The molecule has 12 heavy (non-hydrogen) atoms. The molecule has 0 aromatic rings. The molecule has 1 saturated carbocycles. The Balaban J connectivity index is 2.70. The van der Waals surface area contributed by atoms with Gasteiger partial charge in [-0.25, -0.2) is 8.42 Å². The van der Waals surface area contributed by atoms with E-state index in [9.17, 15) is 8.42 Å². The predicted octanol–water partition coefficient (Wildman–Crippen LogP) is -0.727. The minimum Gasteiger partial charge on any atom is -0.394 e. The Labute approximate surface area is 72.7 Å². The van der Waals surface area contributed by atoms with Gasteiger partial charge in [0.15, 0.2) is 0 Å². The topological polar surface area (TPSA) is 80.4 Å². The molecule has 1 rings (SSSR count). The van der Waals surface area contributed by atoms with E-state index in [0.29, 0.717) is 19.3 Å². The minimum absolute atomic E-state index is 0.126. The Bertz CT molecular complexity index is 262. The van der Waals surface area contributed by atoms with Crippen LogP contribution in [-0.4, -0.2) is 37.2 Å². The maximum atomic E-state index is 11.1. The monoisotopic (exact) mass is 193 g/mol. The summed E-state index contributed by atoms with van der Waals surface area (Å²) in [5.41, 5.74) is 5.07. The minimum atomic E-state index is -2.97. The second kappa shape index (κ2) is 2.97. The Morgan fingerprint density at radius 1 is 1.67 bits per heavy atom. The van der Waals surface area contributed by atoms with E-state index in [2.05, 4.69) is 0 Å². The molecule has 1 aliphatic carbocycles. The van der Waals surface area contributed by atoms with Crippen molar-refractivity contribution in [2.45, 2.75) is 30.1 Å². The smallest absolute Gasteiger partial charge is 0.150 e. The van der Waals surface area contributed by atoms with Gasteiger partial charge in [-0.05, 0) is 19.3 Å². The molecule has 0 aromatic carbocycles. The van der Waals surface area contributed by atoms with Gasteiger partial charge in [-0.1, -0.05) is 0 Å². The van der Waals surface area contributed by atoms with Crippen LogP contribution in [0.15, 0.2) is 0 Å². The molecule has 0 amide bonds. The first-order valence-electron chi connectivity index (χ1n) is 3.96. The third kappa shape index (κ3) is 1.97. The van der Waals surface area contributed by atoms with Crippen molar-refractivity contribution in [3.05, 3.63) is 0 Å². The number of aliphatic hydroxyl groups excluding tert-OH is 1. The summed E-state index contributed by atoms with van der Waals surface area (Å²) in [5.74, 6) is 0. The Kier molecular flexibility index (Phi) is 2.47. The van der Waals surface area contributed by atoms with E-state index < -0.39 is 15.4 Å². The van der Waals surface area contributed by atoms with Crippen LogP contribution in [0, 0.1) is 0 Å². The molecule has 0 aliphatic heterocycles. The lowest BCUT2D eigenvalue weighted by Crippen LogP contribution is -2.41. The molecule has 72 valence electrons. The first kappa shape index (κ1) is 9.95. The molecule has 0 saturated heterocycles. The summed E-state index contributed by atoms with van der Waals surface area (Å²) < 4.78 is 22.2. The average molecular weight is 193 g/mol. The molecule has 5 heteroatoms. The highest BCUT2D eigenvalue weighted by Gasteiger charge is 2.39. The van der Waals surface area contributed by atoms with Gasteiger partial charge < -0.3 is 10.8 Å². The van der Waals surface area contributed by atoms with Crippen LogP contribution in [0.2, 0.25) is 0 Å². The van der Waals surface area contributed by atoms with Gasteiger partial charge in [-0.3, -0.25) is 0 Å². The fourth-order valence-electron chi connectivity index (χ4n) is 1.62. The number of hydrogen-bond acceptors (Lipinski definition) is 4. The summed E-state index contributed by atoms with van der Waals surface area (Å²) in [7, 11) is -2.97. The normalized spacial score (nSPS) is 37.1. The molecule has 1 fully saturated rings. The van der Waals surface area contributed by atoms with Crippen molar-refractivity contribution in [2.75, 3.05) is 12.9 Å². The third-order valence-corrected chi connectivity index (χ3v) is 4.13. The fraction of sp³-hybridized carbons (Fsp3) is 1.00. The van der Waals surface area contributed by atoms with Gasteiger partial charge in [-0.15, -0.1) is 0 Å². The SMILES string of the molecule is CS(=O)(=O)C1CCC(N)(CO)C1. The maximum Gasteiger partial charge on any atom is 0.150 e. The van der Waals surface area contributed by atoms with E-state index in [-0.39, 0.29) is 11.9 Å². The highest BCUT2D eigenvalue weighted by atomic mass is 32.2. The van der Waals surface area contributed by atoms with Gasteiger partial charge in [0.05, 0.1) is 11.9 Å². The van der Waals surface area contributed by atoms with Crippen molar-refractivity contribution in [2.24, 2.45) is 5.73 Å². The number of nitrogens with two attached hydrogens (primary N) is 1. The zero-order valence-electron chi connectivity index (χ0n) is 7.16. The number of hydrogen-bond donors (Lipinski definition) is 2. The second-order valence-corrected chi connectivity index (χ2v) is 6.04. The Morgan fingerprint density at radius 2 is 2.25 bits per heavy atom. The zero-order valence-corrected chi connectivity index (χ0v) is 7.97. The molecule has 0 bridgehead atoms. The summed E-state index contributed by atoms with van der Waals surface area (Å²) >= 11 is 0. The van der Waals surface area contributed by atoms with Crippen LogP contribution in [-0.2, 0) is 9.84 Å². The van der Waals surface area contributed by atoms with Crippen LogP contribution in [0.3, 0.4) is 0 Å². The molecule has 0 aromatic heterocycles. The van der Waals surface area contributed by atoms with E-state index in [1.165, 1.54) is 6.26 Å². The van der Waals surface area contributed by atoms with Crippen molar-refractivity contribution in [1.29, 1.82) is 0 Å². The van der Waals surface area contributed by atoms with Crippen molar-refractivity contribution in [1.82, 2.24) is 0 Å². The summed E-state index contributed by atoms with van der Waals surface area (Å²) in [6.45, 7) is -0.126. The lowest BCUT2D eigenvalue weighted by molar-refractivity contribution is 0.200. The molecule has 0 radical (unpaired) electrons. The van der Waals surface area contributed by atoms with Crippen LogP contribution in [0.25, 0.3) is 0 Å². The molecule has 1 aliphatic rings. The highest BCUT2D eigenvalue weighted by Crippen LogP contribution is 2.31. The van der Waals surface area contributed by atoms with Crippen LogP contribution in [0.5, 0.6) is 0 Å². The van der Waals surface area contributed by atoms with Crippen molar-refractivity contribution in [3.63, 3.8) is 0 Å². The van der Waals surface area contributed by atoms with E-state index in [0.717, 1.165) is 0 Å². The summed E-state index contributed by atoms with van der Waals surface area (Å²) in [5, 5.41) is 8.54. The standard InChI is InChI=1S/C7H15NO3S/c1-12(10,11)6-2-3-7(8,4-6)5-9/h6,9H,2-5,8H2,1H3. The molecular weight excluding hydrogens is 178 g/mol. The van der Waals surface area contributed by atoms with Crippen molar-refractivity contribution in [3.8, 4) is 0 Å². The summed E-state index contributed by atoms with van der Waals surface area (Å²) in [6.07, 6.45) is 2.79. The largest absolute Gasteiger partial charge is 0.394 e. The van der Waals surface area contributed by atoms with Crippen LogP contribution < -0.4 is 5.73 Å². The predicted molar refractivity (Wildman–Crippen MR) is 46.5 cm³/mol. The summed E-state index contributed by atoms with van der Waals surface area (Å²) in [4.78, 5) is 0. The molecule has 2 unspecified atom stereocenters. The maximum absolute atomic E-state index is 11.1. The van der Waals surface area contributed by atoms with Gasteiger partial charge in [0.25, 0.3) is 0 Å². The third-order valence-electron chi connectivity index (χ3n) is 2.52. The van der Waals surface area contributed by atoms with Crippen LogP contribution >= 0.6 is 0 Å². The first-order chi connectivity index (χ1) is 5.37. The Hall–Kier alpha value is -0.130. The van der Waals surface area contributed by atoms with Crippen LogP contribution in [0.4, 0.5) is 0 Å². The van der Waals surface area contributed by atoms with Gasteiger partial charge in [-0.2, -0.15) is 0 Å². The number of aliphatic hydroxyl groups is 1. The molecule has 3 N–H and O–H groups in total. The number of rotatable bonds is 2. The molecule has 0 heterocycles. The van der Waals surface area contributed by atoms with Gasteiger partial charge in [0.1, 0.15) is 9.84 Å². The lowest BCUT2D eigenvalue weighted by Gasteiger charge is -2.20. The second-order valence-electron chi connectivity index (χ2n) is 3.71. The molecular formula is C7H15NO3S. The van der Waals surface area contributed by atoms with Gasteiger partial charge in [0.2, 0.25) is 0 Å². The number of sulfone groups is 1. The van der Waals surface area contributed by atoms with E-state index >= 15 is 0 Å². The van der Waals surface area contributed by atoms with E-state index in [4.69, 9.17) is 10.8 Å². The lowest BCUT2D eigenvalue weighted by atomic mass is 10.0. The molecule has 0 spiro atoms. The van der Waals surface area contributed by atoms with E-state index in [1.54, 1.807) is 0 Å². The average Bonchev–Trinajstić information content (AvgIpc) is 2.32. The fourth-order valence-corrected chi connectivity index (χ4v) is 2.80. The zero-order chi connectivity index (χ0) is 9.41. The summed E-state index contributed by atoms with van der Waals surface area (Å²) in [6, 6.07) is 0. The molecule has 4 nitrogen and oxygen atoms in total. The van der Waals surface area contributed by atoms with Gasteiger partial charge >= 0.3 is 0 Å². The quantitative estimate of drug-likeness (QED) is 0.606.